The number of halogens is 1. The molecule has 0 saturated carbocycles. The highest BCUT2D eigenvalue weighted by Crippen LogP contribution is 2.28. The first-order chi connectivity index (χ1) is 12.2. The van der Waals surface area contributed by atoms with Crippen molar-refractivity contribution in [2.45, 2.75) is 12.5 Å². The van der Waals surface area contributed by atoms with Crippen LogP contribution in [-0.4, -0.2) is 39.8 Å². The maximum atomic E-state index is 12.2. The number of ketones is 1. The Balaban J connectivity index is 0.00000243. The summed E-state index contributed by atoms with van der Waals surface area (Å²) >= 11 is 0. The molecule has 6 heteroatoms. The molecule has 0 spiro atoms. The van der Waals surface area contributed by atoms with Crippen LogP contribution >= 0.6 is 0 Å². The topological polar surface area (TPSA) is 49.2 Å². The Morgan fingerprint density at radius 2 is 1.77 bits per heavy atom. The fourth-order valence-electron chi connectivity index (χ4n) is 3.06. The van der Waals surface area contributed by atoms with Crippen LogP contribution < -0.4 is 26.8 Å². The molecule has 2 aromatic rings. The molecule has 0 radical (unpaired) electrons. The van der Waals surface area contributed by atoms with Gasteiger partial charge in [0.2, 0.25) is 0 Å². The normalized spacial score (nSPS) is 18.8. The average Bonchev–Trinajstić information content (AvgIpc) is 3.15. The van der Waals surface area contributed by atoms with Gasteiger partial charge in [-0.1, -0.05) is 30.3 Å². The second-order valence-corrected chi connectivity index (χ2v) is 6.19. The second-order valence-electron chi connectivity index (χ2n) is 6.19. The molecular weight excluding hydrogens is 354 g/mol. The quantitative estimate of drug-likeness (QED) is 0.622. The number of nitrogens with one attached hydrogen (secondary N) is 1. The van der Waals surface area contributed by atoms with E-state index in [4.69, 9.17) is 14.2 Å². The van der Waals surface area contributed by atoms with Gasteiger partial charge in [-0.3, -0.25) is 4.79 Å². The molecule has 5 nitrogen and oxygen atoms in total. The van der Waals surface area contributed by atoms with Crippen molar-refractivity contribution in [2.24, 2.45) is 0 Å². The highest BCUT2D eigenvalue weighted by atomic mass is 35.5. The Morgan fingerprint density at radius 1 is 1.12 bits per heavy atom. The van der Waals surface area contributed by atoms with Crippen molar-refractivity contribution < 1.29 is 36.3 Å². The van der Waals surface area contributed by atoms with E-state index in [1.165, 1.54) is 4.90 Å². The lowest BCUT2D eigenvalue weighted by atomic mass is 10.1. The molecule has 3 rings (SSSR count). The van der Waals surface area contributed by atoms with Crippen molar-refractivity contribution in [1.29, 1.82) is 0 Å². The number of quaternary nitrogens is 1. The van der Waals surface area contributed by atoms with Gasteiger partial charge in [-0.2, -0.15) is 0 Å². The van der Waals surface area contributed by atoms with Crippen LogP contribution in [0.1, 0.15) is 28.4 Å². The van der Waals surface area contributed by atoms with Gasteiger partial charge in [-0.15, -0.1) is 0 Å². The molecule has 1 aliphatic rings. The summed E-state index contributed by atoms with van der Waals surface area (Å²) in [6.07, 6.45) is 0.516. The summed E-state index contributed by atoms with van der Waals surface area (Å²) in [6, 6.07) is 15.2. The van der Waals surface area contributed by atoms with Crippen LogP contribution in [0.25, 0.3) is 0 Å². The molecule has 2 aromatic carbocycles. The van der Waals surface area contributed by atoms with Gasteiger partial charge in [0.15, 0.2) is 12.5 Å². The number of carbonyl (C=O) groups is 1. The molecule has 2 unspecified atom stereocenters. The van der Waals surface area contributed by atoms with Crippen LogP contribution in [0.15, 0.2) is 48.5 Å². The molecule has 1 saturated heterocycles. The summed E-state index contributed by atoms with van der Waals surface area (Å²) in [6.45, 7) is 2.20. The van der Waals surface area contributed by atoms with Crippen LogP contribution in [0.2, 0.25) is 0 Å². The molecular formula is C20H24ClNO4. The van der Waals surface area contributed by atoms with Gasteiger partial charge in [0.1, 0.15) is 24.1 Å². The minimum atomic E-state index is -0.00849. The van der Waals surface area contributed by atoms with E-state index < -0.39 is 0 Å². The van der Waals surface area contributed by atoms with Gasteiger partial charge < -0.3 is 31.5 Å². The predicted octanol–water partition coefficient (Wildman–Crippen LogP) is -1.11. The van der Waals surface area contributed by atoms with E-state index in [9.17, 15) is 4.79 Å². The van der Waals surface area contributed by atoms with Crippen molar-refractivity contribution in [3.05, 3.63) is 59.7 Å². The Labute approximate surface area is 160 Å². The van der Waals surface area contributed by atoms with Crippen LogP contribution in [0.3, 0.4) is 0 Å². The standard InChI is InChI=1S/C20H23NO4.ClH/c1-23-17-10-16(11-18(12-17)24-2)20-13-21(14-25-20)9-8-19(22)15-6-4-3-5-7-15;/h3-7,10-12,20H,8-9,13-14H2,1-2H3;1H. The number of methoxy groups -OCH3 is 2. The van der Waals surface area contributed by atoms with E-state index in [2.05, 4.69) is 0 Å². The molecule has 1 fully saturated rings. The number of ether oxygens (including phenoxy) is 3. The summed E-state index contributed by atoms with van der Waals surface area (Å²) in [4.78, 5) is 13.5. The zero-order chi connectivity index (χ0) is 17.6. The van der Waals surface area contributed by atoms with Gasteiger partial charge >= 0.3 is 0 Å². The SMILES string of the molecule is COc1cc(OC)cc(C2C[NH+](CCC(=O)c3ccccc3)CO2)c1.[Cl-]. The number of rotatable bonds is 7. The third-order valence-corrected chi connectivity index (χ3v) is 4.51. The van der Waals surface area contributed by atoms with Gasteiger partial charge in [0.25, 0.3) is 0 Å². The molecule has 140 valence electrons. The maximum Gasteiger partial charge on any atom is 0.182 e. The molecule has 0 amide bonds. The molecule has 1 heterocycles. The number of hydrogen-bond donors (Lipinski definition) is 1. The number of hydrogen-bond acceptors (Lipinski definition) is 4. The van der Waals surface area contributed by atoms with Crippen LogP contribution in [0, 0.1) is 0 Å². The van der Waals surface area contributed by atoms with E-state index in [1.807, 2.05) is 48.5 Å². The molecule has 1 aliphatic heterocycles. The van der Waals surface area contributed by atoms with Crippen LogP contribution in [0.5, 0.6) is 11.5 Å². The van der Waals surface area contributed by atoms with E-state index in [0.29, 0.717) is 13.2 Å². The van der Waals surface area contributed by atoms with Gasteiger partial charge in [0, 0.05) is 11.6 Å². The molecule has 26 heavy (non-hydrogen) atoms. The lowest BCUT2D eigenvalue weighted by molar-refractivity contribution is -0.896. The van der Waals surface area contributed by atoms with Crippen molar-refractivity contribution in [1.82, 2.24) is 0 Å². The van der Waals surface area contributed by atoms with Crippen molar-refractivity contribution in [3.8, 4) is 11.5 Å². The molecule has 0 aromatic heterocycles. The summed E-state index contributed by atoms with van der Waals surface area (Å²) < 4.78 is 16.6. The molecule has 0 bridgehead atoms. The molecule has 2 atom stereocenters. The van der Waals surface area contributed by atoms with E-state index in [-0.39, 0.29) is 24.3 Å². The lowest BCUT2D eigenvalue weighted by Crippen LogP contribution is -3.10. The molecule has 1 N–H and O–H groups in total. The largest absolute Gasteiger partial charge is 1.00 e. The smallest absolute Gasteiger partial charge is 0.182 e. The van der Waals surface area contributed by atoms with E-state index in [0.717, 1.165) is 35.7 Å². The predicted molar refractivity (Wildman–Crippen MR) is 94.3 cm³/mol. The Kier molecular flexibility index (Phi) is 7.45. The Morgan fingerprint density at radius 3 is 2.38 bits per heavy atom. The third kappa shape index (κ3) is 4.97. The average molecular weight is 378 g/mol. The first-order valence-corrected chi connectivity index (χ1v) is 8.46. The first kappa shape index (κ1) is 20.2. The van der Waals surface area contributed by atoms with E-state index in [1.54, 1.807) is 14.2 Å². The summed E-state index contributed by atoms with van der Waals surface area (Å²) in [5, 5.41) is 0. The highest BCUT2D eigenvalue weighted by Gasteiger charge is 2.29. The summed E-state index contributed by atoms with van der Waals surface area (Å²) in [7, 11) is 3.28. The fourth-order valence-corrected chi connectivity index (χ4v) is 3.06. The summed E-state index contributed by atoms with van der Waals surface area (Å²) in [5.41, 5.74) is 1.82. The zero-order valence-corrected chi connectivity index (χ0v) is 15.8. The fraction of sp³-hybridized carbons (Fsp3) is 0.350. The third-order valence-electron chi connectivity index (χ3n) is 4.51. The number of benzene rings is 2. The van der Waals surface area contributed by atoms with Crippen LogP contribution in [-0.2, 0) is 4.74 Å². The van der Waals surface area contributed by atoms with Gasteiger partial charge in [0.05, 0.1) is 27.2 Å². The highest BCUT2D eigenvalue weighted by molar-refractivity contribution is 5.96. The van der Waals surface area contributed by atoms with Crippen LogP contribution in [0.4, 0.5) is 0 Å². The zero-order valence-electron chi connectivity index (χ0n) is 15.0. The maximum absolute atomic E-state index is 12.2. The molecule has 0 aliphatic carbocycles. The Bertz CT molecular complexity index is 701. The second kappa shape index (κ2) is 9.57. The lowest BCUT2D eigenvalue weighted by Gasteiger charge is -2.12. The van der Waals surface area contributed by atoms with E-state index >= 15 is 0 Å². The number of carbonyl (C=O) groups excluding carboxylic acids is 1. The minimum Gasteiger partial charge on any atom is -1.00 e. The summed E-state index contributed by atoms with van der Waals surface area (Å²) in [5.74, 6) is 1.69. The monoisotopic (exact) mass is 377 g/mol. The van der Waals surface area contributed by atoms with Gasteiger partial charge in [-0.25, -0.2) is 0 Å². The minimum absolute atomic E-state index is 0. The van der Waals surface area contributed by atoms with Crippen molar-refractivity contribution in [3.63, 3.8) is 0 Å². The van der Waals surface area contributed by atoms with Crippen molar-refractivity contribution in [2.75, 3.05) is 34.0 Å². The Hall–Kier alpha value is -2.08. The number of Topliss-reactive ketones (excluding diaryl/α,β-unsaturated/α-hetero) is 1. The van der Waals surface area contributed by atoms with Crippen molar-refractivity contribution >= 4 is 5.78 Å². The first-order valence-electron chi connectivity index (χ1n) is 8.46. The van der Waals surface area contributed by atoms with Gasteiger partial charge in [-0.05, 0) is 17.7 Å².